The fourth-order valence-corrected chi connectivity index (χ4v) is 4.16. The van der Waals surface area contributed by atoms with Gasteiger partial charge in [-0.25, -0.2) is 9.37 Å². The highest BCUT2D eigenvalue weighted by Gasteiger charge is 2.48. The van der Waals surface area contributed by atoms with Crippen LogP contribution in [0.4, 0.5) is 4.39 Å². The second kappa shape index (κ2) is 6.92. The first-order chi connectivity index (χ1) is 13.0. The molecular weight excluding hydrogens is 351 g/mol. The molecule has 3 heterocycles. The molecule has 1 aromatic heterocycles. The Labute approximate surface area is 156 Å². The molecule has 4 rings (SSSR count). The average molecular weight is 374 g/mol. The van der Waals surface area contributed by atoms with Crippen molar-refractivity contribution in [1.29, 1.82) is 0 Å². The molecular formula is C19H23FN4O3. The number of H-pyrrole nitrogens is 1. The first-order valence-electron chi connectivity index (χ1n) is 9.22. The molecule has 7 nitrogen and oxygen atoms in total. The van der Waals surface area contributed by atoms with E-state index in [4.69, 9.17) is 4.74 Å². The maximum Gasteiger partial charge on any atom is 0.248 e. The molecule has 2 aliphatic rings. The maximum absolute atomic E-state index is 13.2. The second-order valence-electron chi connectivity index (χ2n) is 7.51. The molecule has 144 valence electrons. The molecule has 0 radical (unpaired) electrons. The molecule has 1 spiro atoms. The molecule has 2 fully saturated rings. The van der Waals surface area contributed by atoms with Crippen LogP contribution in [-0.2, 0) is 20.9 Å². The molecule has 27 heavy (non-hydrogen) atoms. The van der Waals surface area contributed by atoms with Crippen LogP contribution in [0.3, 0.4) is 0 Å². The summed E-state index contributed by atoms with van der Waals surface area (Å²) in [7, 11) is 1.83. The number of carbonyl (C=O) groups excluding carboxylic acids is 2. The summed E-state index contributed by atoms with van der Waals surface area (Å²) in [4.78, 5) is 35.8. The normalized spacial score (nSPS) is 23.0. The summed E-state index contributed by atoms with van der Waals surface area (Å²) in [6.07, 6.45) is 2.54. The fraction of sp³-hybridized carbons (Fsp3) is 0.526. The number of fused-ring (bicyclic) bond motifs is 1. The molecule has 2 aromatic rings. The number of hydrogen-bond donors (Lipinski definition) is 1. The number of amides is 2. The Balaban J connectivity index is 1.31. The number of nitrogens with one attached hydrogen (secondary N) is 1. The number of benzene rings is 1. The summed E-state index contributed by atoms with van der Waals surface area (Å²) < 4.78 is 18.7. The number of hydrogen-bond acceptors (Lipinski definition) is 4. The number of halogens is 1. The molecule has 0 aliphatic carbocycles. The van der Waals surface area contributed by atoms with Crippen molar-refractivity contribution in [1.82, 2.24) is 19.8 Å². The van der Waals surface area contributed by atoms with Gasteiger partial charge in [0.2, 0.25) is 11.8 Å². The molecule has 1 atom stereocenters. The molecule has 0 saturated carbocycles. The predicted octanol–water partition coefficient (Wildman–Crippen LogP) is 1.69. The van der Waals surface area contributed by atoms with E-state index >= 15 is 0 Å². The lowest BCUT2D eigenvalue weighted by Gasteiger charge is -2.37. The Morgan fingerprint density at radius 1 is 1.37 bits per heavy atom. The van der Waals surface area contributed by atoms with Crippen molar-refractivity contribution in [3.63, 3.8) is 0 Å². The van der Waals surface area contributed by atoms with Crippen molar-refractivity contribution in [3.05, 3.63) is 29.8 Å². The molecule has 8 heteroatoms. The van der Waals surface area contributed by atoms with E-state index in [-0.39, 0.29) is 30.8 Å². The zero-order valence-electron chi connectivity index (χ0n) is 15.3. The summed E-state index contributed by atoms with van der Waals surface area (Å²) in [5.74, 6) is 0.250. The smallest absolute Gasteiger partial charge is 0.248 e. The van der Waals surface area contributed by atoms with Crippen LogP contribution in [0.1, 0.15) is 25.1 Å². The lowest BCUT2D eigenvalue weighted by atomic mass is 9.78. The van der Waals surface area contributed by atoms with Crippen LogP contribution in [0.25, 0.3) is 11.0 Å². The first kappa shape index (κ1) is 17.9. The lowest BCUT2D eigenvalue weighted by Crippen LogP contribution is -2.48. The maximum atomic E-state index is 13.2. The second-order valence-corrected chi connectivity index (χ2v) is 7.51. The van der Waals surface area contributed by atoms with Gasteiger partial charge in [0.05, 0.1) is 16.4 Å². The van der Waals surface area contributed by atoms with Crippen LogP contribution in [0, 0.1) is 11.2 Å². The van der Waals surface area contributed by atoms with Crippen LogP contribution < -0.4 is 0 Å². The topological polar surface area (TPSA) is 78.5 Å². The third kappa shape index (κ3) is 3.41. The van der Waals surface area contributed by atoms with Gasteiger partial charge in [0.1, 0.15) is 24.9 Å². The highest BCUT2D eigenvalue weighted by molar-refractivity contribution is 5.86. The van der Waals surface area contributed by atoms with Crippen LogP contribution in [-0.4, -0.2) is 64.9 Å². The van der Waals surface area contributed by atoms with Gasteiger partial charge >= 0.3 is 0 Å². The fourth-order valence-electron chi connectivity index (χ4n) is 4.16. The summed E-state index contributed by atoms with van der Waals surface area (Å²) >= 11 is 0. The minimum absolute atomic E-state index is 0.0640. The van der Waals surface area contributed by atoms with E-state index < -0.39 is 5.41 Å². The van der Waals surface area contributed by atoms with Crippen LogP contribution in [0.5, 0.6) is 0 Å². The van der Waals surface area contributed by atoms with Crippen molar-refractivity contribution >= 4 is 22.8 Å². The molecule has 0 unspecified atom stereocenters. The first-order valence-corrected chi connectivity index (χ1v) is 9.22. The molecule has 1 aromatic carbocycles. The number of aromatic nitrogens is 2. The van der Waals surface area contributed by atoms with Gasteiger partial charge in [-0.3, -0.25) is 9.59 Å². The quantitative estimate of drug-likeness (QED) is 0.883. The minimum Gasteiger partial charge on any atom is -0.364 e. The van der Waals surface area contributed by atoms with Gasteiger partial charge in [-0.05, 0) is 37.5 Å². The van der Waals surface area contributed by atoms with Crippen molar-refractivity contribution in [2.45, 2.75) is 25.9 Å². The van der Waals surface area contributed by atoms with Gasteiger partial charge in [0, 0.05) is 26.7 Å². The third-order valence-corrected chi connectivity index (χ3v) is 5.61. The number of imidazole rings is 1. The summed E-state index contributed by atoms with van der Waals surface area (Å²) in [6.45, 7) is 1.93. The lowest BCUT2D eigenvalue weighted by molar-refractivity contribution is -0.145. The van der Waals surface area contributed by atoms with E-state index in [1.165, 1.54) is 12.1 Å². The summed E-state index contributed by atoms with van der Waals surface area (Å²) in [5, 5.41) is 0. The zero-order valence-corrected chi connectivity index (χ0v) is 15.3. The van der Waals surface area contributed by atoms with E-state index in [9.17, 15) is 14.0 Å². The van der Waals surface area contributed by atoms with E-state index in [2.05, 4.69) is 9.97 Å². The summed E-state index contributed by atoms with van der Waals surface area (Å²) in [6, 6.07) is 4.32. The monoisotopic (exact) mass is 374 g/mol. The van der Waals surface area contributed by atoms with Crippen molar-refractivity contribution in [3.8, 4) is 0 Å². The number of rotatable bonds is 4. The van der Waals surface area contributed by atoms with E-state index in [0.717, 1.165) is 25.8 Å². The molecule has 2 aliphatic heterocycles. The van der Waals surface area contributed by atoms with E-state index in [1.807, 2.05) is 7.05 Å². The van der Waals surface area contributed by atoms with Crippen LogP contribution in [0.2, 0.25) is 0 Å². The van der Waals surface area contributed by atoms with Gasteiger partial charge in [0.15, 0.2) is 0 Å². The molecule has 2 saturated heterocycles. The van der Waals surface area contributed by atoms with E-state index in [1.54, 1.807) is 15.9 Å². The van der Waals surface area contributed by atoms with Crippen molar-refractivity contribution in [2.24, 2.45) is 5.41 Å². The minimum atomic E-state index is -0.411. The molecule has 0 bridgehead atoms. The number of piperidine rings is 1. The van der Waals surface area contributed by atoms with Gasteiger partial charge in [-0.2, -0.15) is 0 Å². The average Bonchev–Trinajstić information content (AvgIpc) is 3.24. The van der Waals surface area contributed by atoms with E-state index in [0.29, 0.717) is 29.9 Å². The summed E-state index contributed by atoms with van der Waals surface area (Å²) in [5.41, 5.74) is 0.843. The van der Waals surface area contributed by atoms with Crippen LogP contribution in [0.15, 0.2) is 18.2 Å². The number of likely N-dealkylation sites (tertiary alicyclic amines) is 2. The van der Waals surface area contributed by atoms with Gasteiger partial charge in [-0.1, -0.05) is 0 Å². The largest absolute Gasteiger partial charge is 0.364 e. The van der Waals surface area contributed by atoms with Gasteiger partial charge < -0.3 is 19.5 Å². The number of ether oxygens (including phenoxy) is 1. The van der Waals surface area contributed by atoms with Gasteiger partial charge in [0.25, 0.3) is 0 Å². The van der Waals surface area contributed by atoms with Gasteiger partial charge in [-0.15, -0.1) is 0 Å². The predicted molar refractivity (Wildman–Crippen MR) is 96.2 cm³/mol. The molecule has 2 amide bonds. The Hall–Kier alpha value is -2.48. The van der Waals surface area contributed by atoms with Crippen LogP contribution >= 0.6 is 0 Å². The van der Waals surface area contributed by atoms with Crippen molar-refractivity contribution < 1.29 is 18.7 Å². The number of nitrogens with zero attached hydrogens (tertiary/aromatic N) is 3. The Kier molecular flexibility index (Phi) is 4.59. The zero-order chi connectivity index (χ0) is 19.0. The molecule has 1 N–H and O–H groups in total. The number of aromatic amines is 1. The highest BCUT2D eigenvalue weighted by atomic mass is 19.1. The standard InChI is InChI=1S/C19H23FN4O3/c1-23-7-2-5-19(18(23)26)6-8-24(12-19)17(25)11-27-10-16-21-14-4-3-13(20)9-15(14)22-16/h3-4,9H,2,5-8,10-12H2,1H3,(H,21,22)/t19-/m1/s1. The Morgan fingerprint density at radius 3 is 3.07 bits per heavy atom. The highest BCUT2D eigenvalue weighted by Crippen LogP contribution is 2.39. The number of carbonyl (C=O) groups is 2. The van der Waals surface area contributed by atoms with Crippen molar-refractivity contribution in [2.75, 3.05) is 33.3 Å². The Morgan fingerprint density at radius 2 is 2.22 bits per heavy atom. The Bertz CT molecular complexity index is 883. The SMILES string of the molecule is CN1CCC[C@]2(CCN(C(=O)COCc3nc4ccc(F)cc4[nH]3)C2)C1=O. The third-order valence-electron chi connectivity index (χ3n) is 5.61.